The predicted octanol–water partition coefficient (Wildman–Crippen LogP) is 3.12. The summed E-state index contributed by atoms with van der Waals surface area (Å²) < 4.78 is 0. The molecule has 0 unspecified atom stereocenters. The summed E-state index contributed by atoms with van der Waals surface area (Å²) in [7, 11) is 0. The van der Waals surface area contributed by atoms with Crippen LogP contribution in [0.15, 0.2) is 30.3 Å². The van der Waals surface area contributed by atoms with Crippen molar-refractivity contribution in [3.63, 3.8) is 0 Å². The highest BCUT2D eigenvalue weighted by molar-refractivity contribution is 5.84. The first-order valence-corrected chi connectivity index (χ1v) is 6.85. The van der Waals surface area contributed by atoms with E-state index >= 15 is 0 Å². The number of hydrogen-bond acceptors (Lipinski definition) is 2. The number of piperidine rings is 1. The lowest BCUT2D eigenvalue weighted by atomic mass is 9.80. The first kappa shape index (κ1) is 13.3. The summed E-state index contributed by atoms with van der Waals surface area (Å²) in [6, 6.07) is 11.2. The maximum atomic E-state index is 12.1. The molecule has 1 fully saturated rings. The van der Waals surface area contributed by atoms with Gasteiger partial charge in [-0.1, -0.05) is 44.2 Å². The van der Waals surface area contributed by atoms with Crippen molar-refractivity contribution in [3.05, 3.63) is 35.9 Å². The summed E-state index contributed by atoms with van der Waals surface area (Å²) in [6.45, 7) is 9.41. The Hall–Kier alpha value is -1.15. The van der Waals surface area contributed by atoms with E-state index in [0.717, 1.165) is 6.54 Å². The highest BCUT2D eigenvalue weighted by Crippen LogP contribution is 2.30. The van der Waals surface area contributed by atoms with Crippen LogP contribution in [0.2, 0.25) is 0 Å². The van der Waals surface area contributed by atoms with Crippen molar-refractivity contribution < 1.29 is 4.79 Å². The lowest BCUT2D eigenvalue weighted by molar-refractivity contribution is -0.136. The van der Waals surface area contributed by atoms with Gasteiger partial charge >= 0.3 is 0 Å². The molecule has 1 aliphatic heterocycles. The Bertz CT molecular complexity index is 396. The van der Waals surface area contributed by atoms with Crippen LogP contribution in [0, 0.1) is 11.8 Å². The van der Waals surface area contributed by atoms with E-state index < -0.39 is 0 Å². The van der Waals surface area contributed by atoms with Gasteiger partial charge in [0.05, 0.1) is 0 Å². The summed E-state index contributed by atoms with van der Waals surface area (Å²) in [5.41, 5.74) is 1.32. The van der Waals surface area contributed by atoms with Crippen molar-refractivity contribution in [2.24, 2.45) is 11.8 Å². The maximum absolute atomic E-state index is 12.1. The fraction of sp³-hybridized carbons (Fsp3) is 0.562. The molecule has 0 amide bonds. The van der Waals surface area contributed by atoms with Gasteiger partial charge in [0.15, 0.2) is 0 Å². The van der Waals surface area contributed by atoms with Crippen molar-refractivity contribution in [2.45, 2.75) is 46.3 Å². The molecule has 4 atom stereocenters. The number of carbonyl (C=O) groups is 1. The van der Waals surface area contributed by atoms with Gasteiger partial charge in [-0.3, -0.25) is 9.69 Å². The van der Waals surface area contributed by atoms with Gasteiger partial charge in [-0.25, -0.2) is 0 Å². The molecule has 1 heterocycles. The van der Waals surface area contributed by atoms with E-state index in [2.05, 4.69) is 56.9 Å². The number of Topliss-reactive ketones (excluding diaryl/α,β-unsaturated/α-hetero) is 1. The summed E-state index contributed by atoms with van der Waals surface area (Å²) in [5, 5.41) is 0. The average molecular weight is 245 g/mol. The molecule has 2 rings (SSSR count). The normalized spacial score (nSPS) is 33.7. The summed E-state index contributed by atoms with van der Waals surface area (Å²) in [5.74, 6) is 0.694. The smallest absolute Gasteiger partial charge is 0.141 e. The molecule has 0 aromatic heterocycles. The molecule has 1 saturated heterocycles. The zero-order valence-electron chi connectivity index (χ0n) is 11.8. The highest BCUT2D eigenvalue weighted by Gasteiger charge is 2.40. The molecule has 98 valence electrons. The monoisotopic (exact) mass is 245 g/mol. The molecule has 1 aromatic carbocycles. The van der Waals surface area contributed by atoms with E-state index in [4.69, 9.17) is 0 Å². The number of ketones is 1. The Morgan fingerprint density at radius 1 is 0.944 bits per heavy atom. The summed E-state index contributed by atoms with van der Waals surface area (Å²) in [6.07, 6.45) is 0. The molecule has 0 spiro atoms. The van der Waals surface area contributed by atoms with Gasteiger partial charge in [0.1, 0.15) is 5.78 Å². The van der Waals surface area contributed by atoms with Crippen LogP contribution in [0.4, 0.5) is 0 Å². The molecule has 0 N–H and O–H groups in total. The zero-order chi connectivity index (χ0) is 13.3. The van der Waals surface area contributed by atoms with Crippen LogP contribution in [0.5, 0.6) is 0 Å². The molecule has 18 heavy (non-hydrogen) atoms. The van der Waals surface area contributed by atoms with Gasteiger partial charge < -0.3 is 0 Å². The summed E-state index contributed by atoms with van der Waals surface area (Å²) >= 11 is 0. The van der Waals surface area contributed by atoms with Crippen molar-refractivity contribution in [2.75, 3.05) is 0 Å². The molecule has 0 aliphatic carbocycles. The van der Waals surface area contributed by atoms with Crippen LogP contribution in [-0.4, -0.2) is 22.8 Å². The Morgan fingerprint density at radius 3 is 1.94 bits per heavy atom. The predicted molar refractivity (Wildman–Crippen MR) is 74.2 cm³/mol. The first-order chi connectivity index (χ1) is 8.52. The van der Waals surface area contributed by atoms with E-state index in [1.165, 1.54) is 5.56 Å². The Morgan fingerprint density at radius 2 is 1.44 bits per heavy atom. The number of benzene rings is 1. The standard InChI is InChI=1S/C16H23NO/c1-11-13(3)17(14(4)12(2)16(11)18)10-15-8-6-5-7-9-15/h5-9,11-14H,10H2,1-4H3/t11-,12+,13-,14-/m0/s1. The average Bonchev–Trinajstić information content (AvgIpc) is 2.40. The molecule has 0 bridgehead atoms. The van der Waals surface area contributed by atoms with Crippen LogP contribution in [0.25, 0.3) is 0 Å². The largest absolute Gasteiger partial charge is 0.299 e. The second-order valence-electron chi connectivity index (χ2n) is 5.62. The number of carbonyl (C=O) groups excluding carboxylic acids is 1. The van der Waals surface area contributed by atoms with Crippen molar-refractivity contribution in [3.8, 4) is 0 Å². The second kappa shape index (κ2) is 5.23. The Kier molecular flexibility index (Phi) is 3.86. The van der Waals surface area contributed by atoms with Crippen LogP contribution in [0.1, 0.15) is 33.3 Å². The SMILES string of the molecule is C[C@@H]1C(=O)[C@H](C)[C@H](C)N(Cc2ccccc2)[C@H]1C. The molecular weight excluding hydrogens is 222 g/mol. The number of hydrogen-bond donors (Lipinski definition) is 0. The van der Waals surface area contributed by atoms with Crippen LogP contribution in [0.3, 0.4) is 0 Å². The van der Waals surface area contributed by atoms with E-state index in [1.807, 2.05) is 6.07 Å². The van der Waals surface area contributed by atoms with Gasteiger partial charge in [-0.15, -0.1) is 0 Å². The fourth-order valence-electron chi connectivity index (χ4n) is 2.92. The van der Waals surface area contributed by atoms with Gasteiger partial charge in [0.25, 0.3) is 0 Å². The van der Waals surface area contributed by atoms with Crippen molar-refractivity contribution >= 4 is 5.78 Å². The van der Waals surface area contributed by atoms with Crippen LogP contribution in [-0.2, 0) is 11.3 Å². The molecular formula is C16H23NO. The van der Waals surface area contributed by atoms with Crippen LogP contribution >= 0.6 is 0 Å². The van der Waals surface area contributed by atoms with E-state index in [9.17, 15) is 4.79 Å². The fourth-order valence-corrected chi connectivity index (χ4v) is 2.92. The molecule has 2 nitrogen and oxygen atoms in total. The van der Waals surface area contributed by atoms with Gasteiger partial charge in [-0.05, 0) is 19.4 Å². The maximum Gasteiger partial charge on any atom is 0.141 e. The first-order valence-electron chi connectivity index (χ1n) is 6.85. The number of nitrogens with zero attached hydrogens (tertiary/aromatic N) is 1. The van der Waals surface area contributed by atoms with Crippen molar-refractivity contribution in [1.29, 1.82) is 0 Å². The number of likely N-dealkylation sites (tertiary alicyclic amines) is 1. The summed E-state index contributed by atoms with van der Waals surface area (Å²) in [4.78, 5) is 14.6. The van der Waals surface area contributed by atoms with E-state index in [0.29, 0.717) is 17.9 Å². The molecule has 0 saturated carbocycles. The molecule has 0 radical (unpaired) electrons. The Labute approximate surface area is 110 Å². The van der Waals surface area contributed by atoms with Gasteiger partial charge in [0, 0.05) is 30.5 Å². The number of rotatable bonds is 2. The lowest BCUT2D eigenvalue weighted by Crippen LogP contribution is -2.55. The Balaban J connectivity index is 2.18. The third-order valence-corrected chi connectivity index (χ3v) is 4.60. The molecule has 2 heteroatoms. The molecule has 1 aliphatic rings. The van der Waals surface area contributed by atoms with E-state index in [-0.39, 0.29) is 11.8 Å². The van der Waals surface area contributed by atoms with E-state index in [1.54, 1.807) is 0 Å². The minimum atomic E-state index is 0.139. The topological polar surface area (TPSA) is 20.3 Å². The molecule has 1 aromatic rings. The second-order valence-corrected chi connectivity index (χ2v) is 5.62. The quantitative estimate of drug-likeness (QED) is 0.798. The highest BCUT2D eigenvalue weighted by atomic mass is 16.1. The van der Waals surface area contributed by atoms with Crippen LogP contribution < -0.4 is 0 Å². The minimum absolute atomic E-state index is 0.139. The zero-order valence-corrected chi connectivity index (χ0v) is 11.8. The lowest BCUT2D eigenvalue weighted by Gasteiger charge is -2.45. The minimum Gasteiger partial charge on any atom is -0.299 e. The van der Waals surface area contributed by atoms with Crippen molar-refractivity contribution in [1.82, 2.24) is 4.90 Å². The third-order valence-electron chi connectivity index (χ3n) is 4.60. The van der Waals surface area contributed by atoms with Gasteiger partial charge in [0.2, 0.25) is 0 Å². The third kappa shape index (κ3) is 2.35. The van der Waals surface area contributed by atoms with Gasteiger partial charge in [-0.2, -0.15) is 0 Å².